The maximum atomic E-state index is 5.88. The van der Waals surface area contributed by atoms with Crippen LogP contribution in [-0.4, -0.2) is 24.0 Å². The third-order valence-corrected chi connectivity index (χ3v) is 3.45. The van der Waals surface area contributed by atoms with E-state index in [-0.39, 0.29) is 0 Å². The van der Waals surface area contributed by atoms with Crippen LogP contribution in [0.15, 0.2) is 18.2 Å². The molecule has 21 heavy (non-hydrogen) atoms. The van der Waals surface area contributed by atoms with Gasteiger partial charge in [0.1, 0.15) is 6.61 Å². The number of ether oxygens (including phenoxy) is 3. The summed E-state index contributed by atoms with van der Waals surface area (Å²) in [5.41, 5.74) is 2.83. The molecule has 0 spiro atoms. The Morgan fingerprint density at radius 3 is 2.19 bits per heavy atom. The van der Waals surface area contributed by atoms with Crippen molar-refractivity contribution in [1.82, 2.24) is 9.78 Å². The topological polar surface area (TPSA) is 45.5 Å². The summed E-state index contributed by atoms with van der Waals surface area (Å²) in [6.45, 7) is 2.32. The summed E-state index contributed by atoms with van der Waals surface area (Å²) in [5.74, 6) is 2.15. The summed E-state index contributed by atoms with van der Waals surface area (Å²) in [6.07, 6.45) is 0. The average molecular weight is 311 g/mol. The van der Waals surface area contributed by atoms with Crippen LogP contribution >= 0.6 is 11.6 Å². The second-order valence-corrected chi connectivity index (χ2v) is 4.92. The largest absolute Gasteiger partial charge is 0.493 e. The van der Waals surface area contributed by atoms with E-state index in [0.717, 1.165) is 17.0 Å². The van der Waals surface area contributed by atoms with Crippen molar-refractivity contribution in [2.24, 2.45) is 7.05 Å². The van der Waals surface area contributed by atoms with Crippen LogP contribution in [0.4, 0.5) is 0 Å². The molecule has 0 saturated carbocycles. The van der Waals surface area contributed by atoms with E-state index >= 15 is 0 Å². The standard InChI is InChI=1S/C15H19ClN2O3/c1-10-5-12(18(2)17-10)9-21-15-13(19-3)6-11(8-16)7-14(15)20-4/h5-7H,8-9H2,1-4H3. The first-order valence-corrected chi connectivity index (χ1v) is 7.05. The molecule has 0 amide bonds. The lowest BCUT2D eigenvalue weighted by Gasteiger charge is -2.15. The summed E-state index contributed by atoms with van der Waals surface area (Å²) in [7, 11) is 5.07. The number of hydrogen-bond acceptors (Lipinski definition) is 4. The van der Waals surface area contributed by atoms with Gasteiger partial charge in [-0.25, -0.2) is 0 Å². The second kappa shape index (κ2) is 6.72. The Bertz CT molecular complexity index is 600. The number of halogens is 1. The number of hydrogen-bond donors (Lipinski definition) is 0. The molecule has 0 radical (unpaired) electrons. The van der Waals surface area contributed by atoms with Crippen LogP contribution in [0.2, 0.25) is 0 Å². The molecule has 6 heteroatoms. The van der Waals surface area contributed by atoms with Gasteiger partial charge in [-0.1, -0.05) is 0 Å². The van der Waals surface area contributed by atoms with Gasteiger partial charge in [0, 0.05) is 12.9 Å². The van der Waals surface area contributed by atoms with Crippen molar-refractivity contribution in [1.29, 1.82) is 0 Å². The highest BCUT2D eigenvalue weighted by Gasteiger charge is 2.15. The zero-order chi connectivity index (χ0) is 15.4. The van der Waals surface area contributed by atoms with Crippen LogP contribution in [0, 0.1) is 6.92 Å². The monoisotopic (exact) mass is 310 g/mol. The first-order chi connectivity index (χ1) is 10.1. The molecule has 0 fully saturated rings. The first-order valence-electron chi connectivity index (χ1n) is 6.52. The molecule has 1 aromatic carbocycles. The predicted molar refractivity (Wildman–Crippen MR) is 81.4 cm³/mol. The highest BCUT2D eigenvalue weighted by Crippen LogP contribution is 2.39. The van der Waals surface area contributed by atoms with Crippen LogP contribution in [0.25, 0.3) is 0 Å². The van der Waals surface area contributed by atoms with Gasteiger partial charge in [-0.3, -0.25) is 4.68 Å². The SMILES string of the molecule is COc1cc(CCl)cc(OC)c1OCc1cc(C)nn1C. The van der Waals surface area contributed by atoms with Crippen molar-refractivity contribution in [3.05, 3.63) is 35.2 Å². The molecule has 0 aliphatic carbocycles. The number of benzene rings is 1. The van der Waals surface area contributed by atoms with E-state index in [1.165, 1.54) is 0 Å². The van der Waals surface area contributed by atoms with E-state index in [0.29, 0.717) is 29.7 Å². The van der Waals surface area contributed by atoms with Gasteiger partial charge >= 0.3 is 0 Å². The van der Waals surface area contributed by atoms with Gasteiger partial charge in [0.15, 0.2) is 11.5 Å². The molecule has 0 saturated heterocycles. The molecule has 0 aliphatic rings. The lowest BCUT2D eigenvalue weighted by Crippen LogP contribution is -2.05. The Morgan fingerprint density at radius 2 is 1.76 bits per heavy atom. The smallest absolute Gasteiger partial charge is 0.203 e. The van der Waals surface area contributed by atoms with Gasteiger partial charge in [0.05, 0.1) is 25.6 Å². The van der Waals surface area contributed by atoms with Crippen LogP contribution in [-0.2, 0) is 19.5 Å². The maximum Gasteiger partial charge on any atom is 0.203 e. The molecule has 2 aromatic rings. The van der Waals surface area contributed by atoms with Crippen molar-refractivity contribution in [3.63, 3.8) is 0 Å². The summed E-state index contributed by atoms with van der Waals surface area (Å²) in [5, 5.41) is 4.29. The van der Waals surface area contributed by atoms with E-state index in [9.17, 15) is 0 Å². The molecule has 0 N–H and O–H groups in total. The quantitative estimate of drug-likeness (QED) is 0.769. The maximum absolute atomic E-state index is 5.88. The number of nitrogens with zero attached hydrogens (tertiary/aromatic N) is 2. The molecular weight excluding hydrogens is 292 g/mol. The molecule has 0 aliphatic heterocycles. The minimum absolute atomic E-state index is 0.379. The van der Waals surface area contributed by atoms with Crippen molar-refractivity contribution in [2.75, 3.05) is 14.2 Å². The summed E-state index contributed by atoms with van der Waals surface area (Å²) in [4.78, 5) is 0. The fourth-order valence-corrected chi connectivity index (χ4v) is 2.25. The summed E-state index contributed by atoms with van der Waals surface area (Å²) in [6, 6.07) is 5.67. The normalized spacial score (nSPS) is 10.5. The fraction of sp³-hybridized carbons (Fsp3) is 0.400. The number of alkyl halides is 1. The highest BCUT2D eigenvalue weighted by atomic mass is 35.5. The number of methoxy groups -OCH3 is 2. The highest BCUT2D eigenvalue weighted by molar-refractivity contribution is 6.17. The van der Waals surface area contributed by atoms with Crippen molar-refractivity contribution < 1.29 is 14.2 Å². The Labute approximate surface area is 129 Å². The number of rotatable bonds is 6. The zero-order valence-electron chi connectivity index (χ0n) is 12.6. The van der Waals surface area contributed by atoms with Crippen LogP contribution < -0.4 is 14.2 Å². The molecular formula is C15H19ClN2O3. The zero-order valence-corrected chi connectivity index (χ0v) is 13.4. The minimum atomic E-state index is 0.379. The van der Waals surface area contributed by atoms with E-state index in [1.54, 1.807) is 18.9 Å². The molecule has 114 valence electrons. The number of aryl methyl sites for hydroxylation is 2. The summed E-state index contributed by atoms with van der Waals surface area (Å²) < 4.78 is 18.4. The number of aromatic nitrogens is 2. The molecule has 0 unspecified atom stereocenters. The van der Waals surface area contributed by atoms with Gasteiger partial charge in [-0.15, -0.1) is 11.6 Å². The van der Waals surface area contributed by atoms with Gasteiger partial charge in [0.2, 0.25) is 5.75 Å². The summed E-state index contributed by atoms with van der Waals surface area (Å²) >= 11 is 5.87. The molecule has 5 nitrogen and oxygen atoms in total. The van der Waals surface area contributed by atoms with Gasteiger partial charge < -0.3 is 14.2 Å². The third-order valence-electron chi connectivity index (χ3n) is 3.14. The Morgan fingerprint density at radius 1 is 1.14 bits per heavy atom. The molecule has 0 atom stereocenters. The van der Waals surface area contributed by atoms with Crippen LogP contribution in [0.1, 0.15) is 17.0 Å². The van der Waals surface area contributed by atoms with Crippen LogP contribution in [0.5, 0.6) is 17.2 Å². The van der Waals surface area contributed by atoms with Crippen molar-refractivity contribution in [3.8, 4) is 17.2 Å². The molecule has 2 rings (SSSR count). The van der Waals surface area contributed by atoms with Crippen LogP contribution in [0.3, 0.4) is 0 Å². The minimum Gasteiger partial charge on any atom is -0.493 e. The lowest BCUT2D eigenvalue weighted by molar-refractivity contribution is 0.258. The van der Waals surface area contributed by atoms with Gasteiger partial charge in [-0.2, -0.15) is 5.10 Å². The Balaban J connectivity index is 2.28. The van der Waals surface area contributed by atoms with E-state index in [2.05, 4.69) is 5.10 Å². The molecule has 1 aromatic heterocycles. The van der Waals surface area contributed by atoms with Gasteiger partial charge in [0.25, 0.3) is 0 Å². The van der Waals surface area contributed by atoms with E-state index in [4.69, 9.17) is 25.8 Å². The van der Waals surface area contributed by atoms with Crippen molar-refractivity contribution >= 4 is 11.6 Å². The molecule has 0 bridgehead atoms. The lowest BCUT2D eigenvalue weighted by atomic mass is 10.2. The Kier molecular flexibility index (Phi) is 4.96. The van der Waals surface area contributed by atoms with Gasteiger partial charge in [-0.05, 0) is 30.7 Å². The third kappa shape index (κ3) is 3.42. The second-order valence-electron chi connectivity index (χ2n) is 4.65. The van der Waals surface area contributed by atoms with Crippen molar-refractivity contribution in [2.45, 2.75) is 19.4 Å². The molecule has 1 heterocycles. The first kappa shape index (κ1) is 15.5. The Hall–Kier alpha value is -1.88. The fourth-order valence-electron chi connectivity index (χ4n) is 2.10. The van der Waals surface area contributed by atoms with E-state index in [1.807, 2.05) is 32.2 Å². The average Bonchev–Trinajstić information content (AvgIpc) is 2.81. The van der Waals surface area contributed by atoms with E-state index < -0.39 is 0 Å². The predicted octanol–water partition coefficient (Wildman–Crippen LogP) is 3.06.